The van der Waals surface area contributed by atoms with Crippen molar-refractivity contribution in [2.24, 2.45) is 5.10 Å². The van der Waals surface area contributed by atoms with Crippen molar-refractivity contribution in [2.45, 2.75) is 18.7 Å². The molecule has 2 unspecified atom stereocenters. The second kappa shape index (κ2) is 7.80. The number of hydrogen-bond donors (Lipinski definition) is 0. The molecule has 30 heavy (non-hydrogen) atoms. The van der Waals surface area contributed by atoms with Crippen molar-refractivity contribution in [1.82, 2.24) is 5.01 Å². The van der Waals surface area contributed by atoms with Gasteiger partial charge in [0.1, 0.15) is 11.5 Å². The molecule has 3 aromatic rings. The van der Waals surface area contributed by atoms with Crippen LogP contribution in [0.2, 0.25) is 10.0 Å². The van der Waals surface area contributed by atoms with E-state index >= 15 is 0 Å². The van der Waals surface area contributed by atoms with Crippen LogP contribution < -0.4 is 9.47 Å². The van der Waals surface area contributed by atoms with Crippen LogP contribution in [0, 0.1) is 0 Å². The Morgan fingerprint density at radius 1 is 1.10 bits per heavy atom. The summed E-state index contributed by atoms with van der Waals surface area (Å²) in [4.78, 5) is 0. The van der Waals surface area contributed by atoms with E-state index in [0.29, 0.717) is 15.8 Å². The summed E-state index contributed by atoms with van der Waals surface area (Å²) in [5.41, 5.74) is 3.97. The van der Waals surface area contributed by atoms with Gasteiger partial charge in [0.25, 0.3) is 0 Å². The van der Waals surface area contributed by atoms with E-state index in [9.17, 15) is 0 Å². The van der Waals surface area contributed by atoms with Gasteiger partial charge < -0.3 is 9.47 Å². The molecule has 0 saturated heterocycles. The third kappa shape index (κ3) is 3.45. The normalized spacial score (nSPS) is 19.6. The Balaban J connectivity index is 1.61. The Hall–Kier alpha value is -2.21. The number of nitrogens with zero attached hydrogens (tertiary/aromatic N) is 2. The van der Waals surface area contributed by atoms with Gasteiger partial charge in [-0.2, -0.15) is 5.10 Å². The third-order valence-electron chi connectivity index (χ3n) is 5.37. The van der Waals surface area contributed by atoms with Crippen LogP contribution in [0.1, 0.15) is 35.4 Å². The van der Waals surface area contributed by atoms with Crippen LogP contribution in [0.3, 0.4) is 0 Å². The molecule has 0 aromatic heterocycles. The number of fused-ring (bicyclic) bond motifs is 3. The molecule has 0 radical (unpaired) electrons. The molecule has 0 spiro atoms. The Bertz CT molecular complexity index is 1150. The Kier molecular flexibility index (Phi) is 5.13. The van der Waals surface area contributed by atoms with Crippen LogP contribution in [-0.2, 0) is 0 Å². The van der Waals surface area contributed by atoms with Crippen LogP contribution in [-0.4, -0.2) is 17.8 Å². The van der Waals surface area contributed by atoms with Crippen LogP contribution in [0.15, 0.2) is 70.2 Å². The molecule has 0 N–H and O–H groups in total. The highest BCUT2D eigenvalue weighted by atomic mass is 79.9. The van der Waals surface area contributed by atoms with Crippen molar-refractivity contribution >= 4 is 44.8 Å². The molecular formula is C23H17BrCl2N2O2. The first-order chi connectivity index (χ1) is 14.5. The number of hydrazone groups is 1. The number of rotatable bonds is 3. The summed E-state index contributed by atoms with van der Waals surface area (Å²) in [7, 11) is 1.66. The van der Waals surface area contributed by atoms with Gasteiger partial charge in [0.15, 0.2) is 0 Å². The summed E-state index contributed by atoms with van der Waals surface area (Å²) in [6, 6.07) is 19.6. The minimum atomic E-state index is -0.394. The fourth-order valence-electron chi connectivity index (χ4n) is 3.95. The maximum absolute atomic E-state index is 6.52. The minimum Gasteiger partial charge on any atom is -0.497 e. The van der Waals surface area contributed by atoms with Gasteiger partial charge in [-0.25, -0.2) is 5.01 Å². The van der Waals surface area contributed by atoms with Crippen molar-refractivity contribution in [2.75, 3.05) is 7.11 Å². The van der Waals surface area contributed by atoms with Gasteiger partial charge >= 0.3 is 0 Å². The second-order valence-electron chi connectivity index (χ2n) is 7.21. The van der Waals surface area contributed by atoms with Crippen LogP contribution >= 0.6 is 39.1 Å². The molecule has 0 saturated carbocycles. The van der Waals surface area contributed by atoms with Crippen molar-refractivity contribution in [3.63, 3.8) is 0 Å². The molecule has 3 aromatic carbocycles. The van der Waals surface area contributed by atoms with Crippen molar-refractivity contribution in [3.05, 3.63) is 91.9 Å². The summed E-state index contributed by atoms with van der Waals surface area (Å²) in [5, 5.41) is 8.07. The zero-order valence-corrected chi connectivity index (χ0v) is 19.1. The Morgan fingerprint density at radius 3 is 2.63 bits per heavy atom. The fourth-order valence-corrected chi connectivity index (χ4v) is 4.92. The van der Waals surface area contributed by atoms with E-state index in [0.717, 1.165) is 39.0 Å². The lowest BCUT2D eigenvalue weighted by Gasteiger charge is -2.38. The molecule has 0 bridgehead atoms. The molecule has 0 aliphatic carbocycles. The predicted molar refractivity (Wildman–Crippen MR) is 123 cm³/mol. The van der Waals surface area contributed by atoms with E-state index in [1.807, 2.05) is 59.6 Å². The van der Waals surface area contributed by atoms with Gasteiger partial charge in [-0.3, -0.25) is 0 Å². The average molecular weight is 504 g/mol. The van der Waals surface area contributed by atoms with E-state index in [-0.39, 0.29) is 6.04 Å². The van der Waals surface area contributed by atoms with Gasteiger partial charge in [0.05, 0.1) is 23.9 Å². The number of ether oxygens (including phenoxy) is 2. The summed E-state index contributed by atoms with van der Waals surface area (Å²) in [6.07, 6.45) is 0.332. The van der Waals surface area contributed by atoms with Gasteiger partial charge in [-0.1, -0.05) is 51.3 Å². The lowest BCUT2D eigenvalue weighted by atomic mass is 9.96. The molecule has 5 rings (SSSR count). The second-order valence-corrected chi connectivity index (χ2v) is 8.97. The van der Waals surface area contributed by atoms with E-state index < -0.39 is 6.23 Å². The quantitative estimate of drug-likeness (QED) is 0.385. The third-order valence-corrected chi connectivity index (χ3v) is 6.36. The summed E-state index contributed by atoms with van der Waals surface area (Å²) in [6.45, 7) is 0. The Labute approximate surface area is 193 Å². The Morgan fingerprint density at radius 2 is 1.90 bits per heavy atom. The van der Waals surface area contributed by atoms with E-state index in [4.69, 9.17) is 37.8 Å². The van der Waals surface area contributed by atoms with Gasteiger partial charge in [-0.15, -0.1) is 0 Å². The first kappa shape index (κ1) is 19.7. The van der Waals surface area contributed by atoms with E-state index in [1.165, 1.54) is 0 Å². The minimum absolute atomic E-state index is 0.0222. The lowest BCUT2D eigenvalue weighted by Crippen LogP contribution is -2.33. The predicted octanol–water partition coefficient (Wildman–Crippen LogP) is 7.01. The zero-order chi connectivity index (χ0) is 20.8. The number of hydrogen-bond acceptors (Lipinski definition) is 4. The monoisotopic (exact) mass is 502 g/mol. The molecule has 4 nitrogen and oxygen atoms in total. The first-order valence-corrected chi connectivity index (χ1v) is 11.0. The summed E-state index contributed by atoms with van der Waals surface area (Å²) in [5.74, 6) is 1.48. The number of benzene rings is 3. The lowest BCUT2D eigenvalue weighted by molar-refractivity contribution is -0.0189. The fraction of sp³-hybridized carbons (Fsp3) is 0.174. The molecule has 152 valence electrons. The molecule has 7 heteroatoms. The maximum atomic E-state index is 6.52. The molecular weight excluding hydrogens is 487 g/mol. The SMILES string of the molecule is COc1ccc(C2=NN3C(C2)c2cc(Cl)cc(Cl)c2OC3c2cccc(Br)c2)cc1. The smallest absolute Gasteiger partial charge is 0.213 e. The largest absolute Gasteiger partial charge is 0.497 e. The zero-order valence-electron chi connectivity index (χ0n) is 16.0. The highest BCUT2D eigenvalue weighted by Crippen LogP contribution is 2.50. The molecule has 2 aliphatic heterocycles. The van der Waals surface area contributed by atoms with Crippen LogP contribution in [0.25, 0.3) is 0 Å². The van der Waals surface area contributed by atoms with Crippen molar-refractivity contribution in [3.8, 4) is 11.5 Å². The molecule has 2 atom stereocenters. The first-order valence-electron chi connectivity index (χ1n) is 9.45. The van der Waals surface area contributed by atoms with E-state index in [1.54, 1.807) is 13.2 Å². The molecule has 0 fully saturated rings. The molecule has 2 heterocycles. The van der Waals surface area contributed by atoms with Gasteiger partial charge in [0, 0.05) is 27.0 Å². The highest BCUT2D eigenvalue weighted by molar-refractivity contribution is 9.10. The van der Waals surface area contributed by atoms with Gasteiger partial charge in [0.2, 0.25) is 6.23 Å². The van der Waals surface area contributed by atoms with Crippen LogP contribution in [0.5, 0.6) is 11.5 Å². The number of halogens is 3. The summed E-state index contributed by atoms with van der Waals surface area (Å²) >= 11 is 16.4. The number of methoxy groups -OCH3 is 1. The summed E-state index contributed by atoms with van der Waals surface area (Å²) < 4.78 is 12.6. The molecule has 2 aliphatic rings. The average Bonchev–Trinajstić information content (AvgIpc) is 3.19. The van der Waals surface area contributed by atoms with Gasteiger partial charge in [-0.05, 0) is 54.1 Å². The highest BCUT2D eigenvalue weighted by Gasteiger charge is 2.42. The van der Waals surface area contributed by atoms with E-state index in [2.05, 4.69) is 15.9 Å². The van der Waals surface area contributed by atoms with Crippen molar-refractivity contribution in [1.29, 1.82) is 0 Å². The standard InChI is InChI=1S/C23H17BrCl2N2O2/c1-29-17-7-5-13(6-8-17)20-12-21-18-10-16(25)11-19(26)22(18)30-23(28(21)27-20)14-3-2-4-15(24)9-14/h2-11,21,23H,12H2,1H3. The van der Waals surface area contributed by atoms with Crippen molar-refractivity contribution < 1.29 is 9.47 Å². The topological polar surface area (TPSA) is 34.1 Å². The van der Waals surface area contributed by atoms with Crippen LogP contribution in [0.4, 0.5) is 0 Å². The maximum Gasteiger partial charge on any atom is 0.213 e. The molecule has 0 amide bonds.